The van der Waals surface area contributed by atoms with Crippen LogP contribution in [0.3, 0.4) is 0 Å². The maximum Gasteiger partial charge on any atom is 0.273 e. The molecule has 0 atom stereocenters. The predicted octanol–water partition coefficient (Wildman–Crippen LogP) is 2.07. The van der Waals surface area contributed by atoms with Crippen molar-refractivity contribution in [3.63, 3.8) is 0 Å². The van der Waals surface area contributed by atoms with Crippen molar-refractivity contribution in [3.8, 4) is 0 Å². The fraction of sp³-hybridized carbons (Fsp3) is 0.500. The first-order valence-electron chi connectivity index (χ1n) is 6.61. The van der Waals surface area contributed by atoms with Crippen LogP contribution in [-0.2, 0) is 16.0 Å². The molecule has 0 aliphatic heterocycles. The molecule has 1 N–H and O–H groups in total. The third kappa shape index (κ3) is 5.79. The smallest absolute Gasteiger partial charge is 0.273 e. The van der Waals surface area contributed by atoms with Crippen molar-refractivity contribution in [2.24, 2.45) is 0 Å². The Bertz CT molecular complexity index is 460. The summed E-state index contributed by atoms with van der Waals surface area (Å²) in [7, 11) is 0. The first kappa shape index (κ1) is 16.1. The minimum absolute atomic E-state index is 0.0161. The zero-order chi connectivity index (χ0) is 15.0. The Balaban J connectivity index is 2.37. The molecule has 0 saturated heterocycles. The number of benzene rings is 1. The quantitative estimate of drug-likeness (QED) is 0.449. The van der Waals surface area contributed by atoms with Crippen LogP contribution in [0, 0.1) is 10.1 Å². The number of nitro groups is 1. The van der Waals surface area contributed by atoms with Crippen molar-refractivity contribution in [3.05, 3.63) is 39.9 Å². The Morgan fingerprint density at radius 1 is 1.40 bits per heavy atom. The van der Waals surface area contributed by atoms with E-state index < -0.39 is 4.92 Å². The third-order valence-electron chi connectivity index (χ3n) is 2.63. The first-order chi connectivity index (χ1) is 9.50. The summed E-state index contributed by atoms with van der Waals surface area (Å²) in [5.74, 6) is -0.219. The number of ether oxygens (including phenoxy) is 1. The van der Waals surface area contributed by atoms with Gasteiger partial charge in [-0.1, -0.05) is 18.2 Å². The van der Waals surface area contributed by atoms with Gasteiger partial charge in [0.25, 0.3) is 5.69 Å². The summed E-state index contributed by atoms with van der Waals surface area (Å²) in [6.07, 6.45) is 0.917. The maximum absolute atomic E-state index is 11.7. The molecule has 0 aromatic heterocycles. The summed E-state index contributed by atoms with van der Waals surface area (Å²) in [6, 6.07) is 6.27. The van der Waals surface area contributed by atoms with E-state index in [2.05, 4.69) is 5.32 Å². The number of hydrogen-bond acceptors (Lipinski definition) is 4. The Hall–Kier alpha value is -1.95. The van der Waals surface area contributed by atoms with Crippen LogP contribution >= 0.6 is 0 Å². The van der Waals surface area contributed by atoms with Gasteiger partial charge in [-0.15, -0.1) is 0 Å². The lowest BCUT2D eigenvalue weighted by Crippen LogP contribution is -2.27. The predicted molar refractivity (Wildman–Crippen MR) is 75.5 cm³/mol. The van der Waals surface area contributed by atoms with Crippen LogP contribution in [0.1, 0.15) is 25.8 Å². The van der Waals surface area contributed by atoms with Gasteiger partial charge in [0.2, 0.25) is 5.91 Å². The molecule has 1 amide bonds. The summed E-state index contributed by atoms with van der Waals surface area (Å²) in [5, 5.41) is 13.6. The van der Waals surface area contributed by atoms with Gasteiger partial charge in [0.05, 0.1) is 17.4 Å². The highest BCUT2D eigenvalue weighted by Gasteiger charge is 2.14. The molecule has 0 aliphatic carbocycles. The molecular weight excluding hydrogens is 260 g/mol. The largest absolute Gasteiger partial charge is 0.379 e. The molecule has 0 bridgehead atoms. The second-order valence-corrected chi connectivity index (χ2v) is 4.69. The van der Waals surface area contributed by atoms with Crippen LogP contribution in [0.2, 0.25) is 0 Å². The van der Waals surface area contributed by atoms with Gasteiger partial charge < -0.3 is 10.1 Å². The molecule has 1 aromatic carbocycles. The van der Waals surface area contributed by atoms with E-state index in [1.807, 2.05) is 13.8 Å². The van der Waals surface area contributed by atoms with E-state index in [1.165, 1.54) is 6.07 Å². The highest BCUT2D eigenvalue weighted by molar-refractivity contribution is 5.79. The Labute approximate surface area is 118 Å². The van der Waals surface area contributed by atoms with Crippen molar-refractivity contribution in [1.82, 2.24) is 5.32 Å². The van der Waals surface area contributed by atoms with Gasteiger partial charge in [0.1, 0.15) is 0 Å². The number of hydrogen-bond donors (Lipinski definition) is 1. The fourth-order valence-corrected chi connectivity index (χ4v) is 1.69. The standard InChI is InChI=1S/C14H20N2O4/c1-11(2)20-9-5-8-15-14(17)10-12-6-3-4-7-13(12)16(18)19/h3-4,6-7,11H,5,8-10H2,1-2H3,(H,15,17). The Kier molecular flexibility index (Phi) is 6.66. The fourth-order valence-electron chi connectivity index (χ4n) is 1.69. The normalized spacial score (nSPS) is 10.6. The first-order valence-corrected chi connectivity index (χ1v) is 6.61. The average molecular weight is 280 g/mol. The monoisotopic (exact) mass is 280 g/mol. The summed E-state index contributed by atoms with van der Waals surface area (Å²) in [6.45, 7) is 5.00. The van der Waals surface area contributed by atoms with Gasteiger partial charge in [0.15, 0.2) is 0 Å². The van der Waals surface area contributed by atoms with Gasteiger partial charge in [-0.3, -0.25) is 14.9 Å². The van der Waals surface area contributed by atoms with Crippen LogP contribution in [-0.4, -0.2) is 30.1 Å². The highest BCUT2D eigenvalue weighted by atomic mass is 16.6. The zero-order valence-electron chi connectivity index (χ0n) is 11.8. The van der Waals surface area contributed by atoms with Gasteiger partial charge in [-0.25, -0.2) is 0 Å². The topological polar surface area (TPSA) is 81.5 Å². The average Bonchev–Trinajstić information content (AvgIpc) is 2.38. The van der Waals surface area contributed by atoms with E-state index in [9.17, 15) is 14.9 Å². The number of para-hydroxylation sites is 1. The molecule has 0 radical (unpaired) electrons. The second kappa shape index (κ2) is 8.27. The molecule has 0 saturated carbocycles. The van der Waals surface area contributed by atoms with Crippen molar-refractivity contribution in [2.75, 3.05) is 13.2 Å². The number of nitro benzene ring substituents is 1. The molecule has 20 heavy (non-hydrogen) atoms. The van der Waals surface area contributed by atoms with Gasteiger partial charge in [0, 0.05) is 24.8 Å². The number of amides is 1. The van der Waals surface area contributed by atoms with E-state index in [1.54, 1.807) is 18.2 Å². The Morgan fingerprint density at radius 2 is 2.10 bits per heavy atom. The van der Waals surface area contributed by atoms with Gasteiger partial charge in [-0.05, 0) is 20.3 Å². The SMILES string of the molecule is CC(C)OCCCNC(=O)Cc1ccccc1[N+](=O)[O-]. The highest BCUT2D eigenvalue weighted by Crippen LogP contribution is 2.17. The summed E-state index contributed by atoms with van der Waals surface area (Å²) < 4.78 is 5.35. The molecule has 0 heterocycles. The van der Waals surface area contributed by atoms with Gasteiger partial charge in [-0.2, -0.15) is 0 Å². The Morgan fingerprint density at radius 3 is 2.75 bits per heavy atom. The van der Waals surface area contributed by atoms with Crippen LogP contribution in [0.4, 0.5) is 5.69 Å². The minimum Gasteiger partial charge on any atom is -0.379 e. The van der Waals surface area contributed by atoms with Gasteiger partial charge >= 0.3 is 0 Å². The number of nitrogens with one attached hydrogen (secondary N) is 1. The van der Waals surface area contributed by atoms with Crippen molar-refractivity contribution < 1.29 is 14.5 Å². The molecule has 0 fully saturated rings. The van der Waals surface area contributed by atoms with Crippen molar-refractivity contribution in [2.45, 2.75) is 32.8 Å². The molecular formula is C14H20N2O4. The number of rotatable bonds is 8. The zero-order valence-corrected chi connectivity index (χ0v) is 11.8. The molecule has 1 aromatic rings. The van der Waals surface area contributed by atoms with E-state index in [-0.39, 0.29) is 24.1 Å². The van der Waals surface area contributed by atoms with Crippen LogP contribution < -0.4 is 5.32 Å². The third-order valence-corrected chi connectivity index (χ3v) is 2.63. The van der Waals surface area contributed by atoms with Crippen LogP contribution in [0.25, 0.3) is 0 Å². The van der Waals surface area contributed by atoms with Crippen molar-refractivity contribution in [1.29, 1.82) is 0 Å². The molecule has 1 rings (SSSR count). The van der Waals surface area contributed by atoms with E-state index >= 15 is 0 Å². The van der Waals surface area contributed by atoms with Crippen LogP contribution in [0.5, 0.6) is 0 Å². The summed E-state index contributed by atoms with van der Waals surface area (Å²) >= 11 is 0. The number of carbonyl (C=O) groups excluding carboxylic acids is 1. The van der Waals surface area contributed by atoms with Crippen LogP contribution in [0.15, 0.2) is 24.3 Å². The number of nitrogens with zero attached hydrogens (tertiary/aromatic N) is 1. The summed E-state index contributed by atoms with van der Waals surface area (Å²) in [4.78, 5) is 22.1. The molecule has 110 valence electrons. The molecule has 6 nitrogen and oxygen atoms in total. The van der Waals surface area contributed by atoms with E-state index in [4.69, 9.17) is 4.74 Å². The van der Waals surface area contributed by atoms with E-state index in [0.29, 0.717) is 18.7 Å². The van der Waals surface area contributed by atoms with E-state index in [0.717, 1.165) is 6.42 Å². The lowest BCUT2D eigenvalue weighted by atomic mass is 10.1. The molecule has 0 aliphatic rings. The summed E-state index contributed by atoms with van der Waals surface area (Å²) in [5.41, 5.74) is 0.402. The second-order valence-electron chi connectivity index (χ2n) is 4.69. The molecule has 0 unspecified atom stereocenters. The molecule has 6 heteroatoms. The minimum atomic E-state index is -0.473. The lowest BCUT2D eigenvalue weighted by molar-refractivity contribution is -0.385. The molecule has 0 spiro atoms. The number of carbonyl (C=O) groups is 1. The lowest BCUT2D eigenvalue weighted by Gasteiger charge is -2.08. The maximum atomic E-state index is 11.7. The van der Waals surface area contributed by atoms with Crippen molar-refractivity contribution >= 4 is 11.6 Å².